The van der Waals surface area contributed by atoms with Gasteiger partial charge in [-0.1, -0.05) is 44.2 Å². The maximum Gasteiger partial charge on any atom is 0.328 e. The van der Waals surface area contributed by atoms with Crippen LogP contribution in [-0.4, -0.2) is 52.2 Å². The van der Waals surface area contributed by atoms with Gasteiger partial charge in [0.2, 0.25) is 11.8 Å². The minimum Gasteiger partial charge on any atom is -0.480 e. The van der Waals surface area contributed by atoms with Crippen molar-refractivity contribution in [3.05, 3.63) is 35.9 Å². The van der Waals surface area contributed by atoms with Gasteiger partial charge in [-0.15, -0.1) is 0 Å². The van der Waals surface area contributed by atoms with E-state index in [1.165, 1.54) is 6.92 Å². The quantitative estimate of drug-likeness (QED) is 0.388. The third kappa shape index (κ3) is 7.76. The van der Waals surface area contributed by atoms with Crippen molar-refractivity contribution in [1.82, 2.24) is 10.6 Å². The largest absolute Gasteiger partial charge is 0.480 e. The molecule has 8 heteroatoms. The van der Waals surface area contributed by atoms with Crippen molar-refractivity contribution < 1.29 is 24.6 Å². The first-order valence-electron chi connectivity index (χ1n) is 8.93. The summed E-state index contributed by atoms with van der Waals surface area (Å²) in [5.74, 6) is -2.33. The number of aliphatic carboxylic acids is 1. The molecular weight excluding hydrogens is 350 g/mol. The zero-order valence-electron chi connectivity index (χ0n) is 15.9. The Kier molecular flexibility index (Phi) is 8.90. The lowest BCUT2D eigenvalue weighted by molar-refractivity contribution is -0.145. The van der Waals surface area contributed by atoms with Crippen molar-refractivity contribution in [3.63, 3.8) is 0 Å². The Hall–Kier alpha value is -2.45. The van der Waals surface area contributed by atoms with Crippen LogP contribution in [0.1, 0.15) is 32.8 Å². The summed E-state index contributed by atoms with van der Waals surface area (Å²) in [6.45, 7) is 5.13. The predicted octanol–water partition coefficient (Wildman–Crippen LogP) is 0.0375. The fraction of sp³-hybridized carbons (Fsp3) is 0.526. The van der Waals surface area contributed by atoms with Gasteiger partial charge in [-0.3, -0.25) is 9.59 Å². The monoisotopic (exact) mass is 379 g/mol. The average molecular weight is 379 g/mol. The summed E-state index contributed by atoms with van der Waals surface area (Å²) in [7, 11) is 0. The maximum absolute atomic E-state index is 12.6. The Morgan fingerprint density at radius 3 is 2.11 bits per heavy atom. The molecule has 8 nitrogen and oxygen atoms in total. The molecule has 0 saturated heterocycles. The number of carboxylic acid groups (broad SMARTS) is 1. The normalized spacial score (nSPS) is 15.5. The second-order valence-electron chi connectivity index (χ2n) is 7.05. The molecule has 27 heavy (non-hydrogen) atoms. The van der Waals surface area contributed by atoms with Gasteiger partial charge in [-0.05, 0) is 24.8 Å². The molecule has 2 amide bonds. The Morgan fingerprint density at radius 2 is 1.63 bits per heavy atom. The zero-order chi connectivity index (χ0) is 20.6. The summed E-state index contributed by atoms with van der Waals surface area (Å²) in [6.07, 6.45) is -0.668. The fourth-order valence-corrected chi connectivity index (χ4v) is 2.60. The summed E-state index contributed by atoms with van der Waals surface area (Å²) < 4.78 is 0. The number of nitrogens with one attached hydrogen (secondary N) is 2. The molecule has 4 atom stereocenters. The lowest BCUT2D eigenvalue weighted by Gasteiger charge is -2.24. The Balaban J connectivity index is 2.94. The van der Waals surface area contributed by atoms with E-state index in [4.69, 9.17) is 10.8 Å². The van der Waals surface area contributed by atoms with Gasteiger partial charge in [-0.2, -0.15) is 0 Å². The van der Waals surface area contributed by atoms with E-state index in [0.29, 0.717) is 6.42 Å². The number of hydrogen-bond acceptors (Lipinski definition) is 5. The Morgan fingerprint density at radius 1 is 1.04 bits per heavy atom. The van der Waals surface area contributed by atoms with E-state index in [1.807, 2.05) is 19.9 Å². The maximum atomic E-state index is 12.6. The first kappa shape index (κ1) is 22.6. The standard InChI is InChI=1S/C19H29N3O5/c1-11(2)9-14(20)17(24)21-15(10-13-7-5-4-6-8-13)18(25)22-16(12(3)23)19(26)27/h4-8,11-12,14-16,23H,9-10,20H2,1-3H3,(H,21,24)(H,22,25)(H,26,27)/t12-,14+,15+,16+/m1/s1. The SMILES string of the molecule is CC(C)C[C@H](N)C(=O)N[C@@H](Cc1ccccc1)C(=O)N[C@H](C(=O)O)[C@@H](C)O. The number of amides is 2. The van der Waals surface area contributed by atoms with Gasteiger partial charge in [0.25, 0.3) is 0 Å². The summed E-state index contributed by atoms with van der Waals surface area (Å²) in [5, 5.41) is 23.6. The number of hydrogen-bond donors (Lipinski definition) is 5. The molecule has 0 unspecified atom stereocenters. The van der Waals surface area contributed by atoms with Crippen LogP contribution in [0.3, 0.4) is 0 Å². The molecule has 0 spiro atoms. The number of carbonyl (C=O) groups excluding carboxylic acids is 2. The smallest absolute Gasteiger partial charge is 0.328 e. The van der Waals surface area contributed by atoms with Crippen molar-refractivity contribution in [2.45, 2.75) is 57.8 Å². The van der Waals surface area contributed by atoms with Crippen molar-refractivity contribution in [2.75, 3.05) is 0 Å². The number of carboxylic acids is 1. The van der Waals surface area contributed by atoms with Crippen molar-refractivity contribution in [3.8, 4) is 0 Å². The number of rotatable bonds is 10. The third-order valence-electron chi connectivity index (χ3n) is 4.02. The third-order valence-corrected chi connectivity index (χ3v) is 4.02. The molecule has 1 aromatic rings. The summed E-state index contributed by atoms with van der Waals surface area (Å²) in [6, 6.07) is 5.75. The second-order valence-corrected chi connectivity index (χ2v) is 7.05. The fourth-order valence-electron chi connectivity index (χ4n) is 2.60. The average Bonchev–Trinajstić information content (AvgIpc) is 2.58. The van der Waals surface area contributed by atoms with Crippen LogP contribution >= 0.6 is 0 Å². The highest BCUT2D eigenvalue weighted by atomic mass is 16.4. The second kappa shape index (κ2) is 10.6. The highest BCUT2D eigenvalue weighted by Gasteiger charge is 2.30. The minimum absolute atomic E-state index is 0.166. The van der Waals surface area contributed by atoms with Gasteiger partial charge in [0.05, 0.1) is 12.1 Å². The molecule has 1 aromatic carbocycles. The van der Waals surface area contributed by atoms with Crippen molar-refractivity contribution >= 4 is 17.8 Å². The van der Waals surface area contributed by atoms with Gasteiger partial charge in [0, 0.05) is 6.42 Å². The van der Waals surface area contributed by atoms with Gasteiger partial charge in [0.1, 0.15) is 6.04 Å². The number of nitrogens with two attached hydrogens (primary N) is 1. The van der Waals surface area contributed by atoms with Crippen LogP contribution in [0.25, 0.3) is 0 Å². The number of carbonyl (C=O) groups is 3. The molecule has 0 fully saturated rings. The Bertz CT molecular complexity index is 633. The summed E-state index contributed by atoms with van der Waals surface area (Å²) >= 11 is 0. The summed E-state index contributed by atoms with van der Waals surface area (Å²) in [5.41, 5.74) is 6.67. The molecule has 0 radical (unpaired) electrons. The van der Waals surface area contributed by atoms with Crippen LogP contribution in [0.5, 0.6) is 0 Å². The van der Waals surface area contributed by atoms with Crippen LogP contribution < -0.4 is 16.4 Å². The van der Waals surface area contributed by atoms with Crippen LogP contribution in [0.2, 0.25) is 0 Å². The van der Waals surface area contributed by atoms with E-state index in [0.717, 1.165) is 5.56 Å². The molecule has 0 heterocycles. The van der Waals surface area contributed by atoms with Crippen molar-refractivity contribution in [2.24, 2.45) is 11.7 Å². The molecular formula is C19H29N3O5. The molecule has 0 aliphatic heterocycles. The number of aliphatic hydroxyl groups excluding tert-OH is 1. The lowest BCUT2D eigenvalue weighted by Crippen LogP contribution is -2.57. The van der Waals surface area contributed by atoms with Gasteiger partial charge < -0.3 is 26.6 Å². The van der Waals surface area contributed by atoms with E-state index in [2.05, 4.69) is 10.6 Å². The molecule has 0 saturated carbocycles. The lowest BCUT2D eigenvalue weighted by atomic mass is 10.0. The zero-order valence-corrected chi connectivity index (χ0v) is 15.9. The van der Waals surface area contributed by atoms with E-state index in [-0.39, 0.29) is 12.3 Å². The predicted molar refractivity (Wildman–Crippen MR) is 101 cm³/mol. The molecule has 6 N–H and O–H groups in total. The van der Waals surface area contributed by atoms with Crippen molar-refractivity contribution in [1.29, 1.82) is 0 Å². The number of benzene rings is 1. The highest BCUT2D eigenvalue weighted by molar-refractivity contribution is 5.92. The molecule has 150 valence electrons. The van der Waals surface area contributed by atoms with E-state index in [1.54, 1.807) is 24.3 Å². The first-order chi connectivity index (χ1) is 12.6. The van der Waals surface area contributed by atoms with E-state index in [9.17, 15) is 19.5 Å². The molecule has 0 aliphatic rings. The van der Waals surface area contributed by atoms with E-state index < -0.39 is 42.0 Å². The van der Waals surface area contributed by atoms with Crippen LogP contribution in [0.4, 0.5) is 0 Å². The molecule has 1 rings (SSSR count). The van der Waals surface area contributed by atoms with Crippen LogP contribution in [0.15, 0.2) is 30.3 Å². The first-order valence-corrected chi connectivity index (χ1v) is 8.93. The van der Waals surface area contributed by atoms with Gasteiger partial charge in [0.15, 0.2) is 6.04 Å². The van der Waals surface area contributed by atoms with Gasteiger partial charge >= 0.3 is 5.97 Å². The Labute approximate surface area is 159 Å². The highest BCUT2D eigenvalue weighted by Crippen LogP contribution is 2.07. The minimum atomic E-state index is -1.47. The molecule has 0 aliphatic carbocycles. The van der Waals surface area contributed by atoms with E-state index >= 15 is 0 Å². The van der Waals surface area contributed by atoms with Crippen LogP contribution in [-0.2, 0) is 20.8 Å². The topological polar surface area (TPSA) is 142 Å². The molecule has 0 bridgehead atoms. The summed E-state index contributed by atoms with van der Waals surface area (Å²) in [4.78, 5) is 36.2. The molecule has 0 aromatic heterocycles. The van der Waals surface area contributed by atoms with Crippen LogP contribution in [0, 0.1) is 5.92 Å². The number of aliphatic hydroxyl groups is 1. The van der Waals surface area contributed by atoms with Gasteiger partial charge in [-0.25, -0.2) is 4.79 Å².